The maximum atomic E-state index is 13.3. The highest BCUT2D eigenvalue weighted by Crippen LogP contribution is 2.30. The molecule has 0 saturated heterocycles. The zero-order valence-electron chi connectivity index (χ0n) is 12.4. The predicted octanol–water partition coefficient (Wildman–Crippen LogP) is 4.13. The Kier molecular flexibility index (Phi) is 4.59. The Labute approximate surface area is 141 Å². The fourth-order valence-corrected chi connectivity index (χ4v) is 2.76. The van der Waals surface area contributed by atoms with Crippen LogP contribution >= 0.6 is 11.6 Å². The van der Waals surface area contributed by atoms with Crippen molar-refractivity contribution >= 4 is 11.6 Å². The maximum Gasteiger partial charge on any atom is 0.159 e. The van der Waals surface area contributed by atoms with Crippen LogP contribution in [0, 0.1) is 17.5 Å². The van der Waals surface area contributed by atoms with E-state index in [0.29, 0.717) is 22.5 Å². The van der Waals surface area contributed by atoms with Crippen LogP contribution in [-0.2, 0) is 13.1 Å². The molecule has 0 amide bonds. The fourth-order valence-electron chi connectivity index (χ4n) is 2.50. The molecule has 0 aliphatic rings. The summed E-state index contributed by atoms with van der Waals surface area (Å²) in [5.74, 6) is -2.26. The SMILES string of the molecule is NCc1c(-c2ccc(F)cc2Cl)ncn1Cc1ccc(F)c(F)c1. The summed E-state index contributed by atoms with van der Waals surface area (Å²) in [6.45, 7) is 0.433. The zero-order chi connectivity index (χ0) is 17.3. The number of hydrogen-bond donors (Lipinski definition) is 1. The normalized spacial score (nSPS) is 11.0. The first kappa shape index (κ1) is 16.5. The van der Waals surface area contributed by atoms with Crippen molar-refractivity contribution in [3.8, 4) is 11.3 Å². The van der Waals surface area contributed by atoms with Crippen LogP contribution < -0.4 is 5.73 Å². The van der Waals surface area contributed by atoms with Crippen molar-refractivity contribution in [1.29, 1.82) is 0 Å². The lowest BCUT2D eigenvalue weighted by atomic mass is 10.1. The quantitative estimate of drug-likeness (QED) is 0.768. The Bertz CT molecular complexity index is 893. The van der Waals surface area contributed by atoms with E-state index in [0.717, 1.165) is 12.1 Å². The zero-order valence-corrected chi connectivity index (χ0v) is 13.2. The number of rotatable bonds is 4. The average molecular weight is 352 g/mol. The highest BCUT2D eigenvalue weighted by molar-refractivity contribution is 6.33. The van der Waals surface area contributed by atoms with Gasteiger partial charge in [0.25, 0.3) is 0 Å². The molecule has 0 bridgehead atoms. The van der Waals surface area contributed by atoms with Gasteiger partial charge in [0, 0.05) is 18.7 Å². The molecule has 0 unspecified atom stereocenters. The van der Waals surface area contributed by atoms with Crippen LogP contribution in [0.5, 0.6) is 0 Å². The molecule has 0 aliphatic heterocycles. The molecule has 3 rings (SSSR count). The van der Waals surface area contributed by atoms with Gasteiger partial charge in [-0.1, -0.05) is 17.7 Å². The molecule has 0 radical (unpaired) electrons. The molecule has 0 atom stereocenters. The molecule has 0 spiro atoms. The minimum Gasteiger partial charge on any atom is -0.328 e. The van der Waals surface area contributed by atoms with E-state index in [1.54, 1.807) is 10.9 Å². The third-order valence-corrected chi connectivity index (χ3v) is 3.98. The molecule has 7 heteroatoms. The van der Waals surface area contributed by atoms with Crippen molar-refractivity contribution in [3.63, 3.8) is 0 Å². The number of nitrogens with zero attached hydrogens (tertiary/aromatic N) is 2. The third kappa shape index (κ3) is 3.16. The molecular formula is C17H13ClF3N3. The van der Waals surface area contributed by atoms with Crippen molar-refractivity contribution in [2.75, 3.05) is 0 Å². The van der Waals surface area contributed by atoms with Crippen molar-refractivity contribution < 1.29 is 13.2 Å². The number of aromatic nitrogens is 2. The van der Waals surface area contributed by atoms with Gasteiger partial charge in [-0.25, -0.2) is 18.2 Å². The third-order valence-electron chi connectivity index (χ3n) is 3.66. The number of halogens is 4. The standard InChI is InChI=1S/C17H13ClF3N3/c18-13-6-11(19)2-3-12(13)17-16(7-22)24(9-23-17)8-10-1-4-14(20)15(21)5-10/h1-6,9H,7-8,22H2. The van der Waals surface area contributed by atoms with E-state index in [-0.39, 0.29) is 18.1 Å². The molecule has 0 fully saturated rings. The van der Waals surface area contributed by atoms with Gasteiger partial charge < -0.3 is 10.3 Å². The summed E-state index contributed by atoms with van der Waals surface area (Å²) in [7, 11) is 0. The van der Waals surface area contributed by atoms with Gasteiger partial charge in [-0.2, -0.15) is 0 Å². The van der Waals surface area contributed by atoms with Gasteiger partial charge in [0.1, 0.15) is 5.82 Å². The van der Waals surface area contributed by atoms with Gasteiger partial charge in [0.05, 0.1) is 22.7 Å². The molecule has 1 aromatic heterocycles. The molecule has 3 aromatic rings. The Balaban J connectivity index is 1.99. The summed E-state index contributed by atoms with van der Waals surface area (Å²) in [4.78, 5) is 4.29. The summed E-state index contributed by atoms with van der Waals surface area (Å²) in [5.41, 5.74) is 8.13. The highest BCUT2D eigenvalue weighted by Gasteiger charge is 2.15. The van der Waals surface area contributed by atoms with Crippen LogP contribution in [0.3, 0.4) is 0 Å². The monoisotopic (exact) mass is 351 g/mol. The minimum absolute atomic E-state index is 0.159. The molecule has 0 saturated carbocycles. The molecule has 1 heterocycles. The van der Waals surface area contributed by atoms with Gasteiger partial charge in [-0.05, 0) is 35.9 Å². The molecule has 2 N–H and O–H groups in total. The van der Waals surface area contributed by atoms with Gasteiger partial charge in [0.15, 0.2) is 11.6 Å². The first-order valence-electron chi connectivity index (χ1n) is 7.13. The number of imidazole rings is 1. The maximum absolute atomic E-state index is 13.3. The highest BCUT2D eigenvalue weighted by atomic mass is 35.5. The van der Waals surface area contributed by atoms with Gasteiger partial charge in [0.2, 0.25) is 0 Å². The van der Waals surface area contributed by atoms with Crippen LogP contribution in [-0.4, -0.2) is 9.55 Å². The summed E-state index contributed by atoms with van der Waals surface area (Å²) in [5, 5.41) is 0.225. The topological polar surface area (TPSA) is 43.8 Å². The Hall–Kier alpha value is -2.31. The van der Waals surface area contributed by atoms with E-state index in [1.165, 1.54) is 24.3 Å². The smallest absolute Gasteiger partial charge is 0.159 e. The number of benzene rings is 2. The van der Waals surface area contributed by atoms with Crippen LogP contribution in [0.2, 0.25) is 5.02 Å². The van der Waals surface area contributed by atoms with Gasteiger partial charge in [-0.15, -0.1) is 0 Å². The molecule has 124 valence electrons. The van der Waals surface area contributed by atoms with Crippen LogP contribution in [0.15, 0.2) is 42.7 Å². The lowest BCUT2D eigenvalue weighted by molar-refractivity contribution is 0.506. The number of nitrogens with two attached hydrogens (primary N) is 1. The Morgan fingerprint density at radius 2 is 1.83 bits per heavy atom. The van der Waals surface area contributed by atoms with Crippen molar-refractivity contribution in [3.05, 3.63) is 76.5 Å². The second-order valence-electron chi connectivity index (χ2n) is 5.24. The Morgan fingerprint density at radius 1 is 1.04 bits per heavy atom. The summed E-state index contributed by atoms with van der Waals surface area (Å²) >= 11 is 6.08. The fraction of sp³-hybridized carbons (Fsp3) is 0.118. The van der Waals surface area contributed by atoms with Crippen LogP contribution in [0.25, 0.3) is 11.3 Å². The summed E-state index contributed by atoms with van der Waals surface area (Å²) in [6.07, 6.45) is 1.54. The first-order chi connectivity index (χ1) is 11.5. The van der Waals surface area contributed by atoms with E-state index in [2.05, 4.69) is 4.98 Å². The lowest BCUT2D eigenvalue weighted by Gasteiger charge is -2.10. The van der Waals surface area contributed by atoms with E-state index >= 15 is 0 Å². The summed E-state index contributed by atoms with van der Waals surface area (Å²) < 4.78 is 41.3. The molecule has 0 aliphatic carbocycles. The predicted molar refractivity (Wildman–Crippen MR) is 86.0 cm³/mol. The van der Waals surface area contributed by atoms with Crippen molar-refractivity contribution in [1.82, 2.24) is 9.55 Å². The van der Waals surface area contributed by atoms with E-state index < -0.39 is 17.5 Å². The Morgan fingerprint density at radius 3 is 2.50 bits per heavy atom. The second-order valence-corrected chi connectivity index (χ2v) is 5.65. The van der Waals surface area contributed by atoms with Crippen molar-refractivity contribution in [2.45, 2.75) is 13.1 Å². The summed E-state index contributed by atoms with van der Waals surface area (Å²) in [6, 6.07) is 7.70. The largest absolute Gasteiger partial charge is 0.328 e. The van der Waals surface area contributed by atoms with Gasteiger partial charge >= 0.3 is 0 Å². The molecule has 2 aromatic carbocycles. The second kappa shape index (κ2) is 6.67. The van der Waals surface area contributed by atoms with E-state index in [4.69, 9.17) is 17.3 Å². The van der Waals surface area contributed by atoms with Crippen LogP contribution in [0.1, 0.15) is 11.3 Å². The van der Waals surface area contributed by atoms with Gasteiger partial charge in [-0.3, -0.25) is 0 Å². The molecular weight excluding hydrogens is 339 g/mol. The molecule has 3 nitrogen and oxygen atoms in total. The lowest BCUT2D eigenvalue weighted by Crippen LogP contribution is -2.09. The minimum atomic E-state index is -0.913. The average Bonchev–Trinajstić information content (AvgIpc) is 2.93. The van der Waals surface area contributed by atoms with E-state index in [1.807, 2.05) is 0 Å². The van der Waals surface area contributed by atoms with E-state index in [9.17, 15) is 13.2 Å². The van der Waals surface area contributed by atoms with Crippen LogP contribution in [0.4, 0.5) is 13.2 Å². The van der Waals surface area contributed by atoms with Crippen molar-refractivity contribution in [2.24, 2.45) is 5.73 Å². The first-order valence-corrected chi connectivity index (χ1v) is 7.51. The molecule has 24 heavy (non-hydrogen) atoms. The number of hydrogen-bond acceptors (Lipinski definition) is 2.